The van der Waals surface area contributed by atoms with Gasteiger partial charge in [-0.15, -0.1) is 0 Å². The second-order valence-corrected chi connectivity index (χ2v) is 5.97. The number of carbonyl (C=O) groups is 1. The van der Waals surface area contributed by atoms with Gasteiger partial charge in [0.1, 0.15) is 6.61 Å². The van der Waals surface area contributed by atoms with Crippen LogP contribution in [0.1, 0.15) is 53.4 Å². The number of halogens is 1. The van der Waals surface area contributed by atoms with E-state index in [2.05, 4.69) is 55.5 Å². The molecule has 0 aromatic rings. The first kappa shape index (κ1) is 19.4. The quantitative estimate of drug-likeness (QED) is 0.229. The van der Waals surface area contributed by atoms with Gasteiger partial charge in [0.2, 0.25) is 0 Å². The third-order valence-electron chi connectivity index (χ3n) is 2.88. The number of carbonyl (C=O) groups excluding carboxylic acids is 1. The standard InChI is InChI=1S/C17H27IO2/c1-14(2)7-5-8-15(3)9-6-10-17(13-18)11-12-20-16(4)19/h7,9,11H,5-6,8,10,12-13H2,1-4H3. The normalized spacial score (nSPS) is 12.2. The van der Waals surface area contributed by atoms with Crippen LogP contribution >= 0.6 is 22.6 Å². The molecule has 0 saturated heterocycles. The molecule has 0 saturated carbocycles. The highest BCUT2D eigenvalue weighted by atomic mass is 127. The van der Waals surface area contributed by atoms with E-state index in [-0.39, 0.29) is 5.97 Å². The molecule has 0 amide bonds. The van der Waals surface area contributed by atoms with Crippen molar-refractivity contribution in [1.29, 1.82) is 0 Å². The molecule has 0 aliphatic carbocycles. The van der Waals surface area contributed by atoms with Gasteiger partial charge in [-0.25, -0.2) is 0 Å². The first-order chi connectivity index (χ1) is 9.45. The summed E-state index contributed by atoms with van der Waals surface area (Å²) in [5, 5.41) is 0. The van der Waals surface area contributed by atoms with E-state index >= 15 is 0 Å². The lowest BCUT2D eigenvalue weighted by molar-refractivity contribution is -0.139. The van der Waals surface area contributed by atoms with E-state index in [0.717, 1.165) is 30.1 Å². The molecule has 20 heavy (non-hydrogen) atoms. The molecule has 0 atom stereocenters. The van der Waals surface area contributed by atoms with Gasteiger partial charge in [0.05, 0.1) is 0 Å². The van der Waals surface area contributed by atoms with E-state index in [0.29, 0.717) is 6.61 Å². The lowest BCUT2D eigenvalue weighted by atomic mass is 10.1. The number of allylic oxidation sites excluding steroid dienone is 5. The van der Waals surface area contributed by atoms with Crippen LogP contribution in [0.4, 0.5) is 0 Å². The van der Waals surface area contributed by atoms with Crippen LogP contribution in [-0.4, -0.2) is 17.0 Å². The van der Waals surface area contributed by atoms with Crippen molar-refractivity contribution < 1.29 is 9.53 Å². The molecule has 0 aromatic carbocycles. The Kier molecular flexibility index (Phi) is 11.8. The monoisotopic (exact) mass is 390 g/mol. The van der Waals surface area contributed by atoms with Gasteiger partial charge in [-0.3, -0.25) is 4.79 Å². The largest absolute Gasteiger partial charge is 0.462 e. The summed E-state index contributed by atoms with van der Waals surface area (Å²) < 4.78 is 5.93. The fourth-order valence-electron chi connectivity index (χ4n) is 1.69. The summed E-state index contributed by atoms with van der Waals surface area (Å²) in [6, 6.07) is 0. The third-order valence-corrected chi connectivity index (χ3v) is 3.86. The zero-order valence-electron chi connectivity index (χ0n) is 13.2. The molecule has 2 nitrogen and oxygen atoms in total. The van der Waals surface area contributed by atoms with Crippen LogP contribution in [0, 0.1) is 0 Å². The van der Waals surface area contributed by atoms with E-state index in [1.165, 1.54) is 23.6 Å². The molecule has 0 aliphatic heterocycles. The average Bonchev–Trinajstić information content (AvgIpc) is 2.36. The minimum atomic E-state index is -0.218. The van der Waals surface area contributed by atoms with Crippen LogP contribution in [0.2, 0.25) is 0 Å². The minimum absolute atomic E-state index is 0.218. The van der Waals surface area contributed by atoms with Crippen molar-refractivity contribution in [3.05, 3.63) is 34.9 Å². The highest BCUT2D eigenvalue weighted by Gasteiger charge is 1.96. The van der Waals surface area contributed by atoms with Crippen molar-refractivity contribution in [1.82, 2.24) is 0 Å². The van der Waals surface area contributed by atoms with E-state index < -0.39 is 0 Å². The van der Waals surface area contributed by atoms with Gasteiger partial charge in [-0.05, 0) is 52.5 Å². The second kappa shape index (κ2) is 12.2. The molecule has 0 rings (SSSR count). The lowest BCUT2D eigenvalue weighted by Gasteiger charge is -2.04. The Hall–Kier alpha value is -0.580. The van der Waals surface area contributed by atoms with Crippen molar-refractivity contribution in [2.24, 2.45) is 0 Å². The van der Waals surface area contributed by atoms with E-state index in [9.17, 15) is 4.79 Å². The first-order valence-electron chi connectivity index (χ1n) is 7.12. The fourth-order valence-corrected chi connectivity index (χ4v) is 2.39. The summed E-state index contributed by atoms with van der Waals surface area (Å²) in [4.78, 5) is 10.7. The molecule has 3 heteroatoms. The number of esters is 1. The smallest absolute Gasteiger partial charge is 0.302 e. The maximum Gasteiger partial charge on any atom is 0.302 e. The number of hydrogen-bond acceptors (Lipinski definition) is 2. The highest BCUT2D eigenvalue weighted by molar-refractivity contribution is 14.1. The zero-order chi connectivity index (χ0) is 15.4. The lowest BCUT2D eigenvalue weighted by Crippen LogP contribution is -1.99. The van der Waals surface area contributed by atoms with Crippen molar-refractivity contribution in [3.8, 4) is 0 Å². The Bertz CT molecular complexity index is 374. The van der Waals surface area contributed by atoms with E-state index in [1.54, 1.807) is 0 Å². The summed E-state index contributed by atoms with van der Waals surface area (Å²) in [7, 11) is 0. The van der Waals surface area contributed by atoms with Crippen molar-refractivity contribution in [2.45, 2.75) is 53.4 Å². The van der Waals surface area contributed by atoms with Crippen molar-refractivity contribution in [3.63, 3.8) is 0 Å². The molecular weight excluding hydrogens is 363 g/mol. The van der Waals surface area contributed by atoms with Crippen LogP contribution in [-0.2, 0) is 9.53 Å². The fraction of sp³-hybridized carbons (Fsp3) is 0.588. The molecule has 0 aliphatic rings. The van der Waals surface area contributed by atoms with Gasteiger partial charge in [0.15, 0.2) is 0 Å². The molecular formula is C17H27IO2. The topological polar surface area (TPSA) is 26.3 Å². The number of hydrogen-bond donors (Lipinski definition) is 0. The van der Waals surface area contributed by atoms with E-state index in [1.807, 2.05) is 6.08 Å². The molecule has 0 heterocycles. The maximum absolute atomic E-state index is 10.7. The van der Waals surface area contributed by atoms with Gasteiger partial charge in [-0.2, -0.15) is 0 Å². The summed E-state index contributed by atoms with van der Waals surface area (Å²) in [6.45, 7) is 8.32. The Morgan fingerprint density at radius 3 is 2.20 bits per heavy atom. The van der Waals surface area contributed by atoms with Gasteiger partial charge in [0, 0.05) is 11.4 Å². The van der Waals surface area contributed by atoms with Gasteiger partial charge in [0.25, 0.3) is 0 Å². The molecule has 0 unspecified atom stereocenters. The SMILES string of the molecule is CC(=O)OCC=C(CI)CCC=C(C)CCC=C(C)C. The van der Waals surface area contributed by atoms with Crippen LogP contribution in [0.25, 0.3) is 0 Å². The van der Waals surface area contributed by atoms with Gasteiger partial charge in [-0.1, -0.05) is 51.5 Å². The second-order valence-electron chi connectivity index (χ2n) is 5.21. The highest BCUT2D eigenvalue weighted by Crippen LogP contribution is 2.13. The maximum atomic E-state index is 10.7. The minimum Gasteiger partial charge on any atom is -0.462 e. The van der Waals surface area contributed by atoms with Crippen LogP contribution in [0.3, 0.4) is 0 Å². The Labute approximate surface area is 137 Å². The molecule has 0 fully saturated rings. The van der Waals surface area contributed by atoms with Crippen molar-refractivity contribution in [2.75, 3.05) is 11.0 Å². The van der Waals surface area contributed by atoms with Crippen molar-refractivity contribution >= 4 is 28.6 Å². The van der Waals surface area contributed by atoms with Gasteiger partial charge >= 0.3 is 5.97 Å². The summed E-state index contributed by atoms with van der Waals surface area (Å²) in [5.41, 5.74) is 4.19. The summed E-state index contributed by atoms with van der Waals surface area (Å²) in [6.07, 6.45) is 11.0. The van der Waals surface area contributed by atoms with Gasteiger partial charge < -0.3 is 4.74 Å². The Morgan fingerprint density at radius 2 is 1.65 bits per heavy atom. The third kappa shape index (κ3) is 12.5. The predicted molar refractivity (Wildman–Crippen MR) is 95.3 cm³/mol. The zero-order valence-corrected chi connectivity index (χ0v) is 15.3. The van der Waals surface area contributed by atoms with E-state index in [4.69, 9.17) is 4.74 Å². The Morgan fingerprint density at radius 1 is 1.00 bits per heavy atom. The van der Waals surface area contributed by atoms with Crippen LogP contribution in [0.5, 0.6) is 0 Å². The Balaban J connectivity index is 4.04. The molecule has 0 spiro atoms. The number of rotatable bonds is 9. The predicted octanol–water partition coefficient (Wildman–Crippen LogP) is 5.38. The average molecular weight is 390 g/mol. The number of alkyl halides is 1. The number of ether oxygens (including phenoxy) is 1. The van der Waals surface area contributed by atoms with Crippen LogP contribution in [0.15, 0.2) is 34.9 Å². The summed E-state index contributed by atoms with van der Waals surface area (Å²) in [5.74, 6) is -0.218. The summed E-state index contributed by atoms with van der Waals surface area (Å²) >= 11 is 2.36. The first-order valence-corrected chi connectivity index (χ1v) is 8.64. The van der Waals surface area contributed by atoms with Crippen LogP contribution < -0.4 is 0 Å². The molecule has 114 valence electrons. The molecule has 0 radical (unpaired) electrons. The molecule has 0 aromatic heterocycles. The molecule has 0 bridgehead atoms. The molecule has 0 N–H and O–H groups in total.